The summed E-state index contributed by atoms with van der Waals surface area (Å²) in [5, 5.41) is 3.60. The molecular weight excluding hydrogens is 250 g/mol. The number of piperidine rings is 1. The Hall–Kier alpha value is -0.340. The van der Waals surface area contributed by atoms with Gasteiger partial charge in [0.25, 0.3) is 0 Å². The third kappa shape index (κ3) is 3.32. The number of nitrogens with one attached hydrogen (secondary N) is 1. The fourth-order valence-electron chi connectivity index (χ4n) is 2.28. The first-order valence-electron chi connectivity index (χ1n) is 5.72. The van der Waals surface area contributed by atoms with Gasteiger partial charge in [0.15, 0.2) is 0 Å². The fourth-order valence-corrected chi connectivity index (χ4v) is 2.55. The van der Waals surface area contributed by atoms with E-state index in [1.165, 1.54) is 24.9 Å². The summed E-state index contributed by atoms with van der Waals surface area (Å²) in [5.41, 5.74) is 1.44. The fraction of sp³-hybridized carbons (Fsp3) is 0.538. The van der Waals surface area contributed by atoms with E-state index in [0.29, 0.717) is 6.04 Å². The molecule has 1 aromatic rings. The van der Waals surface area contributed by atoms with Crippen LogP contribution in [-0.4, -0.2) is 12.6 Å². The van der Waals surface area contributed by atoms with Crippen molar-refractivity contribution in [3.8, 4) is 0 Å². The molecule has 0 bridgehead atoms. The first kappa shape index (κ1) is 11.2. The molecule has 1 aliphatic heterocycles. The Labute approximate surface area is 100 Å². The average Bonchev–Trinajstić information content (AvgIpc) is 2.22. The van der Waals surface area contributed by atoms with E-state index in [1.54, 1.807) is 0 Å². The number of hydrogen-bond acceptors (Lipinski definition) is 1. The van der Waals surface area contributed by atoms with Crippen LogP contribution < -0.4 is 5.32 Å². The molecule has 1 N–H and O–H groups in total. The van der Waals surface area contributed by atoms with Crippen molar-refractivity contribution >= 4 is 15.9 Å². The molecule has 82 valence electrons. The van der Waals surface area contributed by atoms with Gasteiger partial charge in [0.1, 0.15) is 0 Å². The molecule has 0 spiro atoms. The third-order valence-electron chi connectivity index (χ3n) is 3.15. The summed E-state index contributed by atoms with van der Waals surface area (Å²) in [6.07, 6.45) is 3.81. The Bertz CT molecular complexity index is 307. The number of rotatable bonds is 2. The summed E-state index contributed by atoms with van der Waals surface area (Å²) in [6, 6.07) is 9.36. The van der Waals surface area contributed by atoms with Crippen molar-refractivity contribution in [2.75, 3.05) is 6.54 Å². The molecule has 0 saturated carbocycles. The Balaban J connectivity index is 1.93. The lowest BCUT2D eigenvalue weighted by atomic mass is 9.91. The Morgan fingerprint density at radius 3 is 2.73 bits per heavy atom. The summed E-state index contributed by atoms with van der Waals surface area (Å²) in [6.45, 7) is 3.54. The van der Waals surface area contributed by atoms with Crippen LogP contribution in [0.15, 0.2) is 28.7 Å². The summed E-state index contributed by atoms with van der Waals surface area (Å²) in [7, 11) is 0. The molecule has 1 aliphatic rings. The highest BCUT2D eigenvalue weighted by Crippen LogP contribution is 2.19. The highest BCUT2D eigenvalue weighted by molar-refractivity contribution is 9.10. The van der Waals surface area contributed by atoms with Crippen LogP contribution in [-0.2, 0) is 6.42 Å². The maximum atomic E-state index is 3.60. The lowest BCUT2D eigenvalue weighted by molar-refractivity contribution is 0.318. The van der Waals surface area contributed by atoms with Crippen LogP contribution in [0.4, 0.5) is 0 Å². The van der Waals surface area contributed by atoms with E-state index in [4.69, 9.17) is 0 Å². The van der Waals surface area contributed by atoms with Crippen LogP contribution in [0, 0.1) is 5.92 Å². The largest absolute Gasteiger partial charge is 0.314 e. The lowest BCUT2D eigenvalue weighted by Crippen LogP contribution is -2.38. The van der Waals surface area contributed by atoms with Gasteiger partial charge in [0.05, 0.1) is 0 Å². The van der Waals surface area contributed by atoms with Crippen molar-refractivity contribution in [3.05, 3.63) is 34.3 Å². The first-order chi connectivity index (χ1) is 7.24. The molecule has 0 aromatic heterocycles. The minimum Gasteiger partial charge on any atom is -0.314 e. The summed E-state index contributed by atoms with van der Waals surface area (Å²) < 4.78 is 1.16. The van der Waals surface area contributed by atoms with E-state index >= 15 is 0 Å². The maximum Gasteiger partial charge on any atom is 0.0175 e. The van der Waals surface area contributed by atoms with Gasteiger partial charge in [-0.15, -0.1) is 0 Å². The van der Waals surface area contributed by atoms with E-state index in [9.17, 15) is 0 Å². The second-order valence-corrected chi connectivity index (χ2v) is 5.53. The van der Waals surface area contributed by atoms with Crippen LogP contribution in [0.1, 0.15) is 25.3 Å². The quantitative estimate of drug-likeness (QED) is 0.867. The number of hydrogen-bond donors (Lipinski definition) is 1. The van der Waals surface area contributed by atoms with Crippen LogP contribution in [0.25, 0.3) is 0 Å². The zero-order chi connectivity index (χ0) is 10.7. The average molecular weight is 268 g/mol. The van der Waals surface area contributed by atoms with Crippen molar-refractivity contribution in [1.82, 2.24) is 5.32 Å². The van der Waals surface area contributed by atoms with Crippen LogP contribution >= 0.6 is 15.9 Å². The van der Waals surface area contributed by atoms with Crippen LogP contribution in [0.3, 0.4) is 0 Å². The summed E-state index contributed by atoms with van der Waals surface area (Å²) in [5.74, 6) is 0.881. The molecule has 15 heavy (non-hydrogen) atoms. The standard InChI is InChI=1S/C13H18BrN/c1-10-6-7-15-13(8-10)9-11-2-4-12(14)5-3-11/h2-5,10,13,15H,6-9H2,1H3. The smallest absolute Gasteiger partial charge is 0.0175 e. The van der Waals surface area contributed by atoms with Crippen molar-refractivity contribution < 1.29 is 0 Å². The lowest BCUT2D eigenvalue weighted by Gasteiger charge is -2.28. The van der Waals surface area contributed by atoms with Gasteiger partial charge in [0.2, 0.25) is 0 Å². The predicted octanol–water partition coefficient (Wildman–Crippen LogP) is 3.38. The zero-order valence-electron chi connectivity index (χ0n) is 9.17. The van der Waals surface area contributed by atoms with Gasteiger partial charge in [-0.2, -0.15) is 0 Å². The molecule has 1 heterocycles. The molecule has 0 amide bonds. The third-order valence-corrected chi connectivity index (χ3v) is 3.68. The summed E-state index contributed by atoms with van der Waals surface area (Å²) >= 11 is 3.46. The van der Waals surface area contributed by atoms with E-state index in [0.717, 1.165) is 16.8 Å². The molecular formula is C13H18BrN. The van der Waals surface area contributed by atoms with Crippen molar-refractivity contribution in [1.29, 1.82) is 0 Å². The Morgan fingerprint density at radius 2 is 2.07 bits per heavy atom. The molecule has 0 radical (unpaired) electrons. The molecule has 2 unspecified atom stereocenters. The van der Waals surface area contributed by atoms with E-state index < -0.39 is 0 Å². The Kier molecular flexibility index (Phi) is 3.81. The molecule has 2 atom stereocenters. The van der Waals surface area contributed by atoms with Crippen molar-refractivity contribution in [3.63, 3.8) is 0 Å². The van der Waals surface area contributed by atoms with Crippen LogP contribution in [0.2, 0.25) is 0 Å². The van der Waals surface area contributed by atoms with Crippen molar-refractivity contribution in [2.45, 2.75) is 32.2 Å². The van der Waals surface area contributed by atoms with E-state index in [2.05, 4.69) is 52.4 Å². The predicted molar refractivity (Wildman–Crippen MR) is 68.0 cm³/mol. The van der Waals surface area contributed by atoms with Gasteiger partial charge >= 0.3 is 0 Å². The molecule has 1 nitrogen and oxygen atoms in total. The maximum absolute atomic E-state index is 3.60. The topological polar surface area (TPSA) is 12.0 Å². The van der Waals surface area contributed by atoms with E-state index in [1.807, 2.05) is 0 Å². The van der Waals surface area contributed by atoms with Gasteiger partial charge in [-0.05, 0) is 49.4 Å². The normalized spacial score (nSPS) is 26.5. The van der Waals surface area contributed by atoms with E-state index in [-0.39, 0.29) is 0 Å². The number of halogens is 1. The van der Waals surface area contributed by atoms with Crippen molar-refractivity contribution in [2.24, 2.45) is 5.92 Å². The SMILES string of the molecule is CC1CCNC(Cc2ccc(Br)cc2)C1. The van der Waals surface area contributed by atoms with Crippen LogP contribution in [0.5, 0.6) is 0 Å². The van der Waals surface area contributed by atoms with Gasteiger partial charge in [-0.1, -0.05) is 35.0 Å². The second-order valence-electron chi connectivity index (χ2n) is 4.61. The molecule has 1 saturated heterocycles. The molecule has 2 heteroatoms. The zero-order valence-corrected chi connectivity index (χ0v) is 10.8. The van der Waals surface area contributed by atoms with Gasteiger partial charge in [0, 0.05) is 10.5 Å². The first-order valence-corrected chi connectivity index (χ1v) is 6.51. The monoisotopic (exact) mass is 267 g/mol. The summed E-state index contributed by atoms with van der Waals surface area (Å²) in [4.78, 5) is 0. The minimum atomic E-state index is 0.676. The van der Waals surface area contributed by atoms with Gasteiger partial charge < -0.3 is 5.32 Å². The molecule has 0 aliphatic carbocycles. The number of benzene rings is 1. The minimum absolute atomic E-state index is 0.676. The highest BCUT2D eigenvalue weighted by Gasteiger charge is 2.17. The molecule has 1 fully saturated rings. The highest BCUT2D eigenvalue weighted by atomic mass is 79.9. The molecule has 2 rings (SSSR count). The Morgan fingerprint density at radius 1 is 1.33 bits per heavy atom. The van der Waals surface area contributed by atoms with Gasteiger partial charge in [-0.3, -0.25) is 0 Å². The molecule has 1 aromatic carbocycles. The second kappa shape index (κ2) is 5.13. The van der Waals surface area contributed by atoms with Gasteiger partial charge in [-0.25, -0.2) is 0 Å².